The molecule has 0 aromatic rings. The van der Waals surface area contributed by atoms with E-state index in [1.54, 1.807) is 0 Å². The van der Waals surface area contributed by atoms with Crippen molar-refractivity contribution in [3.8, 4) is 0 Å². The van der Waals surface area contributed by atoms with Crippen LogP contribution in [-0.2, 0) is 4.79 Å². The van der Waals surface area contributed by atoms with Crippen molar-refractivity contribution in [3.05, 3.63) is 12.2 Å². The number of hydrogen-bond acceptors (Lipinski definition) is 1. The van der Waals surface area contributed by atoms with Crippen LogP contribution in [0.15, 0.2) is 12.2 Å². The zero-order chi connectivity index (χ0) is 9.90. The molecular weight excluding hydrogens is 179 g/mol. The molecular formula is C11H19OP. The fourth-order valence-electron chi connectivity index (χ4n) is 1.97. The first-order valence-corrected chi connectivity index (χ1v) is 6.08. The average Bonchev–Trinajstić information content (AvgIpc) is 2.54. The molecule has 74 valence electrons. The smallest absolute Gasteiger partial charge is 0.176 e. The van der Waals surface area contributed by atoms with Gasteiger partial charge in [0, 0.05) is 0 Å². The molecule has 0 bridgehead atoms. The van der Waals surface area contributed by atoms with Gasteiger partial charge in [0.05, 0.1) is 0 Å². The van der Waals surface area contributed by atoms with E-state index < -0.39 is 0 Å². The van der Waals surface area contributed by atoms with E-state index in [4.69, 9.17) is 0 Å². The van der Waals surface area contributed by atoms with Crippen LogP contribution in [0.2, 0.25) is 0 Å². The third-order valence-corrected chi connectivity index (χ3v) is 5.04. The van der Waals surface area contributed by atoms with E-state index in [9.17, 15) is 4.79 Å². The van der Waals surface area contributed by atoms with Crippen LogP contribution in [0.1, 0.15) is 46.0 Å². The van der Waals surface area contributed by atoms with Gasteiger partial charge in [0.2, 0.25) is 0 Å². The molecule has 0 aromatic carbocycles. The highest BCUT2D eigenvalue weighted by Crippen LogP contribution is 2.49. The van der Waals surface area contributed by atoms with Crippen molar-refractivity contribution >= 4 is 14.1 Å². The van der Waals surface area contributed by atoms with Crippen LogP contribution in [0.5, 0.6) is 0 Å². The predicted octanol–water partition coefficient (Wildman–Crippen LogP) is 3.49. The van der Waals surface area contributed by atoms with E-state index in [0.717, 1.165) is 12.0 Å². The zero-order valence-electron chi connectivity index (χ0n) is 8.65. The minimum atomic E-state index is 0.295. The van der Waals surface area contributed by atoms with Crippen molar-refractivity contribution < 1.29 is 4.79 Å². The number of rotatable bonds is 4. The lowest BCUT2D eigenvalue weighted by Gasteiger charge is -2.26. The summed E-state index contributed by atoms with van der Waals surface area (Å²) in [6, 6.07) is 0. The molecule has 13 heavy (non-hydrogen) atoms. The maximum atomic E-state index is 11.6. The third-order valence-electron chi connectivity index (χ3n) is 3.00. The Hall–Kier alpha value is -0.160. The SMILES string of the molecule is C=C(C)C(=O)PC1(CC)CCCC1. The van der Waals surface area contributed by atoms with Crippen molar-refractivity contribution in [1.29, 1.82) is 0 Å². The molecule has 1 nitrogen and oxygen atoms in total. The highest BCUT2D eigenvalue weighted by atomic mass is 31.1. The maximum absolute atomic E-state index is 11.6. The Morgan fingerprint density at radius 2 is 2.00 bits per heavy atom. The van der Waals surface area contributed by atoms with Gasteiger partial charge in [-0.3, -0.25) is 4.79 Å². The van der Waals surface area contributed by atoms with Gasteiger partial charge in [-0.05, 0) is 45.5 Å². The molecule has 1 aliphatic rings. The standard InChI is InChI=1S/C11H19OP/c1-4-11(7-5-6-8-11)13-10(12)9(2)3/h13H,2,4-8H2,1,3H3. The van der Waals surface area contributed by atoms with Crippen molar-refractivity contribution in [1.82, 2.24) is 0 Å². The van der Waals surface area contributed by atoms with Gasteiger partial charge in [-0.1, -0.05) is 26.3 Å². The van der Waals surface area contributed by atoms with Crippen molar-refractivity contribution in [2.75, 3.05) is 0 Å². The molecule has 2 heteroatoms. The van der Waals surface area contributed by atoms with Crippen LogP contribution < -0.4 is 0 Å². The molecule has 1 fully saturated rings. The fourth-order valence-corrected chi connectivity index (χ4v) is 3.44. The van der Waals surface area contributed by atoms with E-state index in [-0.39, 0.29) is 0 Å². The molecule has 0 N–H and O–H groups in total. The molecule has 1 saturated carbocycles. The lowest BCUT2D eigenvalue weighted by Crippen LogP contribution is -2.19. The number of allylic oxidation sites excluding steroid dienone is 1. The zero-order valence-corrected chi connectivity index (χ0v) is 9.65. The largest absolute Gasteiger partial charge is 0.290 e. The van der Waals surface area contributed by atoms with E-state index in [2.05, 4.69) is 13.5 Å². The molecule has 0 heterocycles. The monoisotopic (exact) mass is 198 g/mol. The Morgan fingerprint density at radius 1 is 1.46 bits per heavy atom. The lowest BCUT2D eigenvalue weighted by atomic mass is 10.0. The van der Waals surface area contributed by atoms with Crippen LogP contribution in [-0.4, -0.2) is 10.7 Å². The fraction of sp³-hybridized carbons (Fsp3) is 0.727. The van der Waals surface area contributed by atoms with E-state index in [1.807, 2.05) is 6.92 Å². The van der Waals surface area contributed by atoms with E-state index >= 15 is 0 Å². The number of hydrogen-bond donors (Lipinski definition) is 0. The molecule has 0 aromatic heterocycles. The lowest BCUT2D eigenvalue weighted by molar-refractivity contribution is -0.108. The average molecular weight is 198 g/mol. The minimum Gasteiger partial charge on any atom is -0.290 e. The predicted molar refractivity (Wildman–Crippen MR) is 59.6 cm³/mol. The molecule has 0 radical (unpaired) electrons. The van der Waals surface area contributed by atoms with Crippen LogP contribution in [0.4, 0.5) is 0 Å². The molecule has 0 saturated heterocycles. The number of carbonyl (C=O) groups is 1. The first kappa shape index (κ1) is 10.9. The molecule has 1 aliphatic carbocycles. The number of carbonyl (C=O) groups excluding carboxylic acids is 1. The molecule has 1 atom stereocenters. The van der Waals surface area contributed by atoms with Crippen molar-refractivity contribution in [2.45, 2.75) is 51.1 Å². The second-order valence-electron chi connectivity index (χ2n) is 4.08. The quantitative estimate of drug-likeness (QED) is 0.499. The van der Waals surface area contributed by atoms with Gasteiger partial charge in [-0.15, -0.1) is 0 Å². The third kappa shape index (κ3) is 2.64. The summed E-state index contributed by atoms with van der Waals surface area (Å²) < 4.78 is 0. The molecule has 1 unspecified atom stereocenters. The van der Waals surface area contributed by atoms with Gasteiger partial charge in [-0.25, -0.2) is 0 Å². The Morgan fingerprint density at radius 3 is 2.38 bits per heavy atom. The van der Waals surface area contributed by atoms with Crippen molar-refractivity contribution in [2.24, 2.45) is 0 Å². The second kappa shape index (κ2) is 4.37. The highest BCUT2D eigenvalue weighted by Gasteiger charge is 2.33. The van der Waals surface area contributed by atoms with Crippen molar-refractivity contribution in [3.63, 3.8) is 0 Å². The Bertz CT molecular complexity index is 214. The van der Waals surface area contributed by atoms with Crippen LogP contribution in [0.3, 0.4) is 0 Å². The van der Waals surface area contributed by atoms with Crippen LogP contribution >= 0.6 is 8.58 Å². The molecule has 0 spiro atoms. The summed E-state index contributed by atoms with van der Waals surface area (Å²) in [6.07, 6.45) is 6.28. The topological polar surface area (TPSA) is 17.1 Å². The normalized spacial score (nSPS) is 21.1. The Kier molecular flexibility index (Phi) is 3.67. The summed E-state index contributed by atoms with van der Waals surface area (Å²) in [4.78, 5) is 11.6. The first-order chi connectivity index (χ1) is 6.09. The summed E-state index contributed by atoms with van der Waals surface area (Å²) in [5.74, 6) is 0. The summed E-state index contributed by atoms with van der Waals surface area (Å²) in [6.45, 7) is 7.76. The van der Waals surface area contributed by atoms with Gasteiger partial charge < -0.3 is 0 Å². The van der Waals surface area contributed by atoms with Crippen LogP contribution in [0, 0.1) is 0 Å². The van der Waals surface area contributed by atoms with Gasteiger partial charge in [-0.2, -0.15) is 0 Å². The molecule has 1 rings (SSSR count). The Labute approximate surface area is 82.8 Å². The molecule has 0 amide bonds. The summed E-state index contributed by atoms with van der Waals surface area (Å²) in [7, 11) is 0.472. The van der Waals surface area contributed by atoms with Gasteiger partial charge in [0.1, 0.15) is 0 Å². The second-order valence-corrected chi connectivity index (χ2v) is 5.84. The molecule has 0 aliphatic heterocycles. The van der Waals surface area contributed by atoms with Gasteiger partial charge in [0.15, 0.2) is 5.52 Å². The highest BCUT2D eigenvalue weighted by molar-refractivity contribution is 7.60. The van der Waals surface area contributed by atoms with Gasteiger partial charge in [0.25, 0.3) is 0 Å². The maximum Gasteiger partial charge on any atom is 0.176 e. The van der Waals surface area contributed by atoms with E-state index in [0.29, 0.717) is 19.3 Å². The van der Waals surface area contributed by atoms with Crippen LogP contribution in [0.25, 0.3) is 0 Å². The minimum absolute atomic E-state index is 0.295. The summed E-state index contributed by atoms with van der Waals surface area (Å²) in [5.41, 5.74) is 1.03. The first-order valence-electron chi connectivity index (χ1n) is 5.08. The summed E-state index contributed by atoms with van der Waals surface area (Å²) >= 11 is 0. The Balaban J connectivity index is 2.58. The van der Waals surface area contributed by atoms with E-state index in [1.165, 1.54) is 25.7 Å². The summed E-state index contributed by atoms with van der Waals surface area (Å²) in [5, 5.41) is 0.357. The van der Waals surface area contributed by atoms with Gasteiger partial charge >= 0.3 is 0 Å².